The third-order valence-corrected chi connectivity index (χ3v) is 6.99. The SMILES string of the molecule is CCC1CCCCN1CCCNC(=O)CSc1cc(=O)n(C)c2cc(Cl)ccc12. The molecule has 5 nitrogen and oxygen atoms in total. The van der Waals surface area contributed by atoms with E-state index in [1.165, 1.54) is 44.0 Å². The Hall–Kier alpha value is -1.50. The molecule has 0 aliphatic carbocycles. The number of nitrogens with one attached hydrogen (secondary N) is 1. The number of benzene rings is 1. The van der Waals surface area contributed by atoms with E-state index in [1.807, 2.05) is 12.1 Å². The summed E-state index contributed by atoms with van der Waals surface area (Å²) < 4.78 is 1.58. The Morgan fingerprint density at radius 2 is 2.14 bits per heavy atom. The van der Waals surface area contributed by atoms with Gasteiger partial charge >= 0.3 is 0 Å². The number of nitrogens with zero attached hydrogens (tertiary/aromatic N) is 2. The fraction of sp³-hybridized carbons (Fsp3) is 0.545. The van der Waals surface area contributed by atoms with Crippen LogP contribution in [0.25, 0.3) is 10.9 Å². The number of carbonyl (C=O) groups is 1. The Morgan fingerprint density at radius 1 is 1.31 bits per heavy atom. The Labute approximate surface area is 181 Å². The van der Waals surface area contributed by atoms with Gasteiger partial charge in [0.2, 0.25) is 5.91 Å². The second kappa shape index (κ2) is 10.5. The minimum absolute atomic E-state index is 0.00322. The summed E-state index contributed by atoms with van der Waals surface area (Å²) in [7, 11) is 1.73. The molecule has 158 valence electrons. The molecule has 2 heterocycles. The normalized spacial score (nSPS) is 17.6. The lowest BCUT2D eigenvalue weighted by Crippen LogP contribution is -2.40. The number of amides is 1. The summed E-state index contributed by atoms with van der Waals surface area (Å²) >= 11 is 7.48. The van der Waals surface area contributed by atoms with E-state index in [0.29, 0.717) is 23.4 Å². The lowest BCUT2D eigenvalue weighted by atomic mass is 10.00. The van der Waals surface area contributed by atoms with Crippen LogP contribution in [0, 0.1) is 0 Å². The molecule has 2 aromatic rings. The maximum absolute atomic E-state index is 12.3. The zero-order valence-electron chi connectivity index (χ0n) is 17.2. The zero-order chi connectivity index (χ0) is 20.8. The molecule has 1 aromatic carbocycles. The molecule has 0 spiro atoms. The number of aromatic nitrogens is 1. The summed E-state index contributed by atoms with van der Waals surface area (Å²) in [5, 5.41) is 4.54. The highest BCUT2D eigenvalue weighted by Gasteiger charge is 2.19. The van der Waals surface area contributed by atoms with Crippen molar-refractivity contribution in [2.45, 2.75) is 50.0 Å². The Bertz CT molecular complexity index is 915. The minimum Gasteiger partial charge on any atom is -0.355 e. The predicted molar refractivity (Wildman–Crippen MR) is 122 cm³/mol. The van der Waals surface area contributed by atoms with E-state index in [0.717, 1.165) is 28.8 Å². The Kier molecular flexibility index (Phi) is 8.04. The van der Waals surface area contributed by atoms with Gasteiger partial charge in [-0.25, -0.2) is 0 Å². The molecular weight excluding hydrogens is 406 g/mol. The first kappa shape index (κ1) is 22.2. The van der Waals surface area contributed by atoms with E-state index in [9.17, 15) is 9.59 Å². The van der Waals surface area contributed by atoms with E-state index in [4.69, 9.17) is 11.6 Å². The van der Waals surface area contributed by atoms with Crippen LogP contribution in [0.15, 0.2) is 34.0 Å². The van der Waals surface area contributed by atoms with E-state index in [1.54, 1.807) is 23.7 Å². The van der Waals surface area contributed by atoms with Crippen LogP contribution in [-0.2, 0) is 11.8 Å². The molecule has 1 aromatic heterocycles. The predicted octanol–water partition coefficient (Wildman–Crippen LogP) is 4.05. The van der Waals surface area contributed by atoms with Crippen molar-refractivity contribution in [3.63, 3.8) is 0 Å². The molecule has 1 unspecified atom stereocenters. The smallest absolute Gasteiger partial charge is 0.251 e. The molecule has 1 N–H and O–H groups in total. The molecule has 1 saturated heterocycles. The number of pyridine rings is 1. The standard InChI is InChI=1S/C22H30ClN3O2S/c1-3-17-7-4-5-11-26(17)12-6-10-24-21(27)15-29-20-14-22(28)25(2)19-13-16(23)8-9-18(19)20/h8-9,13-14,17H,3-7,10-12,15H2,1-2H3,(H,24,27). The van der Waals surface area contributed by atoms with Gasteiger partial charge in [-0.2, -0.15) is 0 Å². The van der Waals surface area contributed by atoms with Crippen LogP contribution < -0.4 is 10.9 Å². The number of aryl methyl sites for hydroxylation is 1. The first-order chi connectivity index (χ1) is 14.0. The fourth-order valence-corrected chi connectivity index (χ4v) is 5.10. The van der Waals surface area contributed by atoms with Gasteiger partial charge in [0.25, 0.3) is 5.56 Å². The minimum atomic E-state index is -0.102. The molecule has 7 heteroatoms. The summed E-state index contributed by atoms with van der Waals surface area (Å²) in [6.07, 6.45) is 6.11. The highest BCUT2D eigenvalue weighted by Crippen LogP contribution is 2.28. The van der Waals surface area contributed by atoms with E-state index in [-0.39, 0.29) is 11.5 Å². The van der Waals surface area contributed by atoms with Crippen LogP contribution in [0.4, 0.5) is 0 Å². The molecule has 0 saturated carbocycles. The van der Waals surface area contributed by atoms with Crippen LogP contribution in [0.3, 0.4) is 0 Å². The van der Waals surface area contributed by atoms with Crippen molar-refractivity contribution < 1.29 is 4.79 Å². The van der Waals surface area contributed by atoms with Crippen molar-refractivity contribution in [3.05, 3.63) is 39.6 Å². The number of piperidine rings is 1. The molecule has 29 heavy (non-hydrogen) atoms. The highest BCUT2D eigenvalue weighted by atomic mass is 35.5. The third-order valence-electron chi connectivity index (χ3n) is 5.70. The highest BCUT2D eigenvalue weighted by molar-refractivity contribution is 8.00. The molecule has 1 amide bonds. The summed E-state index contributed by atoms with van der Waals surface area (Å²) in [5.41, 5.74) is 0.676. The van der Waals surface area contributed by atoms with Gasteiger partial charge in [-0.15, -0.1) is 11.8 Å². The van der Waals surface area contributed by atoms with Crippen molar-refractivity contribution in [1.82, 2.24) is 14.8 Å². The van der Waals surface area contributed by atoms with Crippen molar-refractivity contribution in [2.24, 2.45) is 7.05 Å². The van der Waals surface area contributed by atoms with Gasteiger partial charge in [-0.3, -0.25) is 9.59 Å². The monoisotopic (exact) mass is 435 g/mol. The van der Waals surface area contributed by atoms with Gasteiger partial charge in [0.1, 0.15) is 0 Å². The molecule has 0 bridgehead atoms. The first-order valence-corrected chi connectivity index (χ1v) is 11.8. The Balaban J connectivity index is 1.50. The molecule has 3 rings (SSSR count). The second-order valence-corrected chi connectivity index (χ2v) is 9.11. The lowest BCUT2D eigenvalue weighted by Gasteiger charge is -2.35. The van der Waals surface area contributed by atoms with Crippen LogP contribution >= 0.6 is 23.4 Å². The summed E-state index contributed by atoms with van der Waals surface area (Å²) in [6, 6.07) is 7.79. The van der Waals surface area contributed by atoms with E-state index >= 15 is 0 Å². The van der Waals surface area contributed by atoms with Crippen molar-refractivity contribution in [1.29, 1.82) is 0 Å². The van der Waals surface area contributed by atoms with Crippen LogP contribution in [-0.4, -0.2) is 46.8 Å². The number of hydrogen-bond donors (Lipinski definition) is 1. The maximum atomic E-state index is 12.3. The van der Waals surface area contributed by atoms with Gasteiger partial charge in [0.15, 0.2) is 0 Å². The number of fused-ring (bicyclic) bond motifs is 1. The van der Waals surface area contributed by atoms with Gasteiger partial charge in [0.05, 0.1) is 11.3 Å². The molecule has 1 aliphatic heterocycles. The van der Waals surface area contributed by atoms with Gasteiger partial charge in [-0.05, 0) is 44.4 Å². The number of likely N-dealkylation sites (tertiary alicyclic amines) is 1. The fourth-order valence-electron chi connectivity index (χ4n) is 4.04. The summed E-state index contributed by atoms with van der Waals surface area (Å²) in [4.78, 5) is 27.9. The first-order valence-electron chi connectivity index (χ1n) is 10.4. The topological polar surface area (TPSA) is 54.3 Å². The largest absolute Gasteiger partial charge is 0.355 e. The maximum Gasteiger partial charge on any atom is 0.251 e. The van der Waals surface area contributed by atoms with Crippen molar-refractivity contribution >= 4 is 40.2 Å². The van der Waals surface area contributed by atoms with Crippen LogP contribution in [0.2, 0.25) is 5.02 Å². The molecule has 1 atom stereocenters. The average molecular weight is 436 g/mol. The number of rotatable bonds is 8. The average Bonchev–Trinajstić information content (AvgIpc) is 2.73. The van der Waals surface area contributed by atoms with E-state index < -0.39 is 0 Å². The molecule has 1 aliphatic rings. The number of thioether (sulfide) groups is 1. The van der Waals surface area contributed by atoms with Gasteiger partial charge < -0.3 is 14.8 Å². The van der Waals surface area contributed by atoms with Crippen molar-refractivity contribution in [3.8, 4) is 0 Å². The third kappa shape index (κ3) is 5.77. The van der Waals surface area contributed by atoms with Gasteiger partial charge in [0, 0.05) is 47.5 Å². The number of hydrogen-bond acceptors (Lipinski definition) is 4. The Morgan fingerprint density at radius 3 is 2.93 bits per heavy atom. The molecule has 0 radical (unpaired) electrons. The lowest BCUT2D eigenvalue weighted by molar-refractivity contribution is -0.118. The van der Waals surface area contributed by atoms with E-state index in [2.05, 4.69) is 17.1 Å². The molecule has 1 fully saturated rings. The summed E-state index contributed by atoms with van der Waals surface area (Å²) in [5.74, 6) is 0.301. The van der Waals surface area contributed by atoms with Crippen LogP contribution in [0.5, 0.6) is 0 Å². The number of carbonyl (C=O) groups excluding carboxylic acids is 1. The molecular formula is C22H30ClN3O2S. The second-order valence-electron chi connectivity index (χ2n) is 7.65. The number of halogens is 1. The summed E-state index contributed by atoms with van der Waals surface area (Å²) in [6.45, 7) is 5.18. The van der Waals surface area contributed by atoms with Crippen molar-refractivity contribution in [2.75, 3.05) is 25.4 Å². The quantitative estimate of drug-likeness (QED) is 0.502. The van der Waals surface area contributed by atoms with Gasteiger partial charge in [-0.1, -0.05) is 31.0 Å². The van der Waals surface area contributed by atoms with Crippen LogP contribution in [0.1, 0.15) is 39.0 Å². The zero-order valence-corrected chi connectivity index (χ0v) is 18.8.